The van der Waals surface area contributed by atoms with E-state index in [0.29, 0.717) is 11.8 Å². The van der Waals surface area contributed by atoms with E-state index in [0.717, 1.165) is 12.0 Å². The smallest absolute Gasteiger partial charge is 0.260 e. The van der Waals surface area contributed by atoms with E-state index in [1.807, 2.05) is 35.2 Å². The number of ether oxygens (including phenoxy) is 1. The Morgan fingerprint density at radius 1 is 1.22 bits per heavy atom. The van der Waals surface area contributed by atoms with Gasteiger partial charge in [0.2, 0.25) is 5.91 Å². The largest absolute Gasteiger partial charge is 0.374 e. The minimum absolute atomic E-state index is 0.0444. The Morgan fingerprint density at radius 2 is 1.81 bits per heavy atom. The molecular weight excluding hydrogens is 354 g/mol. The van der Waals surface area contributed by atoms with Crippen LogP contribution < -0.4 is 0 Å². The molecule has 1 aromatic carbocycles. The van der Waals surface area contributed by atoms with E-state index in [1.54, 1.807) is 0 Å². The van der Waals surface area contributed by atoms with Gasteiger partial charge in [-0.1, -0.05) is 71.9 Å². The molecule has 0 aliphatic carbocycles. The number of rotatable bonds is 4. The maximum atomic E-state index is 13.5. The minimum atomic E-state index is -2.14. The van der Waals surface area contributed by atoms with Crippen LogP contribution in [-0.4, -0.2) is 31.1 Å². The Balaban J connectivity index is 2.04. The Bertz CT molecular complexity index is 697. The summed E-state index contributed by atoms with van der Waals surface area (Å²) in [4.78, 5) is 15.5. The fourth-order valence-corrected chi connectivity index (χ4v) is 5.68. The molecule has 0 aromatic heterocycles. The molecule has 5 heteroatoms. The van der Waals surface area contributed by atoms with Gasteiger partial charge in [0, 0.05) is 12.5 Å². The predicted octanol–water partition coefficient (Wildman–Crippen LogP) is 5.33. The Morgan fingerprint density at radius 3 is 2.33 bits per heavy atom. The molecule has 1 unspecified atom stereocenters. The summed E-state index contributed by atoms with van der Waals surface area (Å²) >= 11 is 0. The third kappa shape index (κ3) is 3.38. The summed E-state index contributed by atoms with van der Waals surface area (Å²) in [6.45, 7) is 17.7. The highest BCUT2D eigenvalue weighted by Gasteiger charge is 2.64. The summed E-state index contributed by atoms with van der Waals surface area (Å²) in [7, 11) is -2.14. The lowest BCUT2D eigenvalue weighted by Gasteiger charge is -2.44. The van der Waals surface area contributed by atoms with Gasteiger partial charge >= 0.3 is 0 Å². The monoisotopic (exact) mass is 389 g/mol. The first-order valence-electron chi connectivity index (χ1n) is 10.2. The van der Waals surface area contributed by atoms with Gasteiger partial charge in [0.25, 0.3) is 5.91 Å². The quantitative estimate of drug-likeness (QED) is 0.654. The van der Waals surface area contributed by atoms with Gasteiger partial charge in [0.1, 0.15) is 0 Å². The molecule has 2 aliphatic rings. The standard InChI is InChI=1S/C22H35NO3Si/c1-15(2)18-16(3)14-22(26-27(7,8)21(4,5)6)23(18)20(24)19(25-22)17-12-10-9-11-13-17/h9-13,15-16,18-19H,14H2,1-8H3/t16-,18+,19-,22?/m0/s1. The van der Waals surface area contributed by atoms with Crippen molar-refractivity contribution in [3.63, 3.8) is 0 Å². The Kier molecular flexibility index (Phi) is 5.11. The fraction of sp³-hybridized carbons (Fsp3) is 0.682. The van der Waals surface area contributed by atoms with E-state index in [2.05, 4.69) is 54.6 Å². The highest BCUT2D eigenvalue weighted by atomic mass is 28.4. The number of fused-ring (bicyclic) bond motifs is 1. The molecule has 0 radical (unpaired) electrons. The molecule has 4 atom stereocenters. The zero-order valence-electron chi connectivity index (χ0n) is 18.1. The molecule has 27 heavy (non-hydrogen) atoms. The summed E-state index contributed by atoms with van der Waals surface area (Å²) in [6, 6.07) is 9.96. The highest BCUT2D eigenvalue weighted by molar-refractivity contribution is 6.74. The molecule has 2 aliphatic heterocycles. The molecule has 2 saturated heterocycles. The fourth-order valence-electron chi connectivity index (χ4n) is 4.35. The van der Waals surface area contributed by atoms with Gasteiger partial charge in [0.15, 0.2) is 14.4 Å². The highest BCUT2D eigenvalue weighted by Crippen LogP contribution is 2.54. The van der Waals surface area contributed by atoms with Crippen LogP contribution >= 0.6 is 0 Å². The van der Waals surface area contributed by atoms with Gasteiger partial charge in [-0.05, 0) is 35.5 Å². The molecule has 0 spiro atoms. The molecule has 0 N–H and O–H groups in total. The van der Waals surface area contributed by atoms with Gasteiger partial charge in [-0.25, -0.2) is 0 Å². The number of amides is 1. The maximum absolute atomic E-state index is 13.5. The van der Waals surface area contributed by atoms with Crippen LogP contribution in [0.25, 0.3) is 0 Å². The molecule has 3 rings (SSSR count). The number of hydrogen-bond acceptors (Lipinski definition) is 3. The van der Waals surface area contributed by atoms with Crippen molar-refractivity contribution in [1.82, 2.24) is 4.90 Å². The second kappa shape index (κ2) is 6.71. The van der Waals surface area contributed by atoms with Gasteiger partial charge in [-0.2, -0.15) is 0 Å². The summed E-state index contributed by atoms with van der Waals surface area (Å²) < 4.78 is 13.4. The van der Waals surface area contributed by atoms with Gasteiger partial charge in [-0.3, -0.25) is 9.69 Å². The molecule has 1 amide bonds. The molecule has 0 saturated carbocycles. The summed E-state index contributed by atoms with van der Waals surface area (Å²) in [5.41, 5.74) is 0.908. The predicted molar refractivity (Wildman–Crippen MR) is 111 cm³/mol. The summed E-state index contributed by atoms with van der Waals surface area (Å²) in [5.74, 6) is -0.194. The van der Waals surface area contributed by atoms with Crippen molar-refractivity contribution < 1.29 is 14.0 Å². The van der Waals surface area contributed by atoms with E-state index in [-0.39, 0.29) is 17.0 Å². The lowest BCUT2D eigenvalue weighted by Crippen LogP contribution is -2.56. The van der Waals surface area contributed by atoms with E-state index in [4.69, 9.17) is 9.16 Å². The number of hydrogen-bond donors (Lipinski definition) is 0. The van der Waals surface area contributed by atoms with Crippen LogP contribution in [0.4, 0.5) is 0 Å². The molecule has 1 aromatic rings. The maximum Gasteiger partial charge on any atom is 0.260 e. The first-order valence-corrected chi connectivity index (χ1v) is 13.1. The van der Waals surface area contributed by atoms with Crippen LogP contribution in [0.3, 0.4) is 0 Å². The normalized spacial score (nSPS) is 31.7. The topological polar surface area (TPSA) is 38.8 Å². The number of nitrogens with zero attached hydrogens (tertiary/aromatic N) is 1. The average Bonchev–Trinajstić information content (AvgIpc) is 2.96. The summed E-state index contributed by atoms with van der Waals surface area (Å²) in [5, 5.41) is 0.0455. The summed E-state index contributed by atoms with van der Waals surface area (Å²) in [6.07, 6.45) is 0.155. The van der Waals surface area contributed by atoms with Crippen LogP contribution in [0, 0.1) is 11.8 Å². The lowest BCUT2D eigenvalue weighted by molar-refractivity contribution is -0.235. The molecule has 0 bridgehead atoms. The molecule has 2 fully saturated rings. The second-order valence-electron chi connectivity index (χ2n) is 10.1. The Labute approximate surface area is 165 Å². The van der Waals surface area contributed by atoms with Crippen molar-refractivity contribution in [2.24, 2.45) is 11.8 Å². The number of benzene rings is 1. The van der Waals surface area contributed by atoms with Crippen molar-refractivity contribution in [3.8, 4) is 0 Å². The van der Waals surface area contributed by atoms with Crippen LogP contribution in [0.15, 0.2) is 30.3 Å². The van der Waals surface area contributed by atoms with Gasteiger partial charge in [-0.15, -0.1) is 0 Å². The number of carbonyl (C=O) groups is 1. The van der Waals surface area contributed by atoms with Crippen LogP contribution in [0.1, 0.15) is 59.6 Å². The number of carbonyl (C=O) groups excluding carboxylic acids is 1. The van der Waals surface area contributed by atoms with E-state index >= 15 is 0 Å². The third-order valence-electron chi connectivity index (χ3n) is 6.60. The van der Waals surface area contributed by atoms with E-state index in [1.165, 1.54) is 0 Å². The van der Waals surface area contributed by atoms with Gasteiger partial charge < -0.3 is 9.16 Å². The van der Waals surface area contributed by atoms with Crippen LogP contribution in [0.2, 0.25) is 18.1 Å². The van der Waals surface area contributed by atoms with E-state index in [9.17, 15) is 4.79 Å². The van der Waals surface area contributed by atoms with Crippen molar-refractivity contribution >= 4 is 14.2 Å². The molecule has 150 valence electrons. The minimum Gasteiger partial charge on any atom is -0.374 e. The molecular formula is C22H35NO3Si. The zero-order chi connectivity index (χ0) is 20.2. The van der Waals surface area contributed by atoms with Crippen LogP contribution in [0.5, 0.6) is 0 Å². The van der Waals surface area contributed by atoms with Crippen molar-refractivity contribution in [3.05, 3.63) is 35.9 Å². The Hall–Kier alpha value is -1.17. The van der Waals surface area contributed by atoms with Crippen LogP contribution in [-0.2, 0) is 14.0 Å². The average molecular weight is 390 g/mol. The first kappa shape index (κ1) is 20.6. The van der Waals surface area contributed by atoms with Crippen molar-refractivity contribution in [1.29, 1.82) is 0 Å². The lowest BCUT2D eigenvalue weighted by atomic mass is 9.92. The molecule has 4 nitrogen and oxygen atoms in total. The van der Waals surface area contributed by atoms with Crippen molar-refractivity contribution in [2.45, 2.75) is 84.2 Å². The van der Waals surface area contributed by atoms with E-state index < -0.39 is 20.3 Å². The third-order valence-corrected chi connectivity index (χ3v) is 11.0. The van der Waals surface area contributed by atoms with Crippen molar-refractivity contribution in [2.75, 3.05) is 0 Å². The second-order valence-corrected chi connectivity index (χ2v) is 14.8. The zero-order valence-corrected chi connectivity index (χ0v) is 19.1. The SMILES string of the molecule is CC(C)[C@@H]1[C@@H](C)CC2(O[Si](C)(C)C(C)(C)C)O[C@@H](c3ccccc3)C(=O)N12. The van der Waals surface area contributed by atoms with Gasteiger partial charge in [0.05, 0.1) is 0 Å². The first-order chi connectivity index (χ1) is 12.4. The molecule has 2 heterocycles.